The summed E-state index contributed by atoms with van der Waals surface area (Å²) in [6.07, 6.45) is 8.94. The van der Waals surface area contributed by atoms with Gasteiger partial charge in [-0.15, -0.1) is 0 Å². The zero-order valence-electron chi connectivity index (χ0n) is 13.1. The Bertz CT molecular complexity index is 763. The lowest BCUT2D eigenvalue weighted by Gasteiger charge is -2.07. The molecule has 1 unspecified atom stereocenters. The zero-order valence-corrected chi connectivity index (χ0v) is 13.1. The second-order valence-electron chi connectivity index (χ2n) is 5.93. The topological polar surface area (TPSA) is 0 Å². The fourth-order valence-corrected chi connectivity index (χ4v) is 3.22. The van der Waals surface area contributed by atoms with E-state index in [-0.39, 0.29) is 0 Å². The maximum absolute atomic E-state index is 2.31. The fourth-order valence-electron chi connectivity index (χ4n) is 3.22. The molecule has 0 N–H and O–H groups in total. The Kier molecular flexibility index (Phi) is 3.83. The summed E-state index contributed by atoms with van der Waals surface area (Å²) in [4.78, 5) is 0. The van der Waals surface area contributed by atoms with E-state index in [0.29, 0.717) is 5.92 Å². The van der Waals surface area contributed by atoms with Crippen molar-refractivity contribution in [2.75, 3.05) is 0 Å². The Morgan fingerprint density at radius 1 is 1.05 bits per heavy atom. The van der Waals surface area contributed by atoms with Crippen LogP contribution in [0.3, 0.4) is 0 Å². The molecule has 21 heavy (non-hydrogen) atoms. The molecular formula is C20H21B. The third-order valence-corrected chi connectivity index (χ3v) is 4.29. The molecule has 1 heteroatoms. The molecule has 0 saturated heterocycles. The molecule has 0 saturated carbocycles. The molecule has 0 aliphatic carbocycles. The average molecular weight is 272 g/mol. The normalized spacial score (nSPS) is 16.0. The van der Waals surface area contributed by atoms with Crippen molar-refractivity contribution in [3.8, 4) is 0 Å². The predicted octanol–water partition coefficient (Wildman–Crippen LogP) is 4.41. The van der Waals surface area contributed by atoms with Gasteiger partial charge in [0.2, 0.25) is 0 Å². The number of benzene rings is 2. The molecule has 1 atom stereocenters. The fraction of sp³-hybridized carbons (Fsp3) is 0.200. The van der Waals surface area contributed by atoms with E-state index in [4.69, 9.17) is 0 Å². The van der Waals surface area contributed by atoms with Crippen LogP contribution in [0, 0.1) is 5.92 Å². The Morgan fingerprint density at radius 2 is 1.86 bits per heavy atom. The summed E-state index contributed by atoms with van der Waals surface area (Å²) in [5.74, 6) is 0.486. The molecule has 0 aromatic heterocycles. The molecule has 0 fully saturated rings. The number of hydrogen-bond donors (Lipinski definition) is 0. The summed E-state index contributed by atoms with van der Waals surface area (Å²) in [6, 6.07) is 13.2. The van der Waals surface area contributed by atoms with Crippen LogP contribution in [0.5, 0.6) is 0 Å². The summed E-state index contributed by atoms with van der Waals surface area (Å²) in [5.41, 5.74) is 5.79. The zero-order chi connectivity index (χ0) is 14.8. The number of rotatable bonds is 3. The molecule has 0 spiro atoms. The van der Waals surface area contributed by atoms with Crippen molar-refractivity contribution >= 4 is 29.1 Å². The van der Waals surface area contributed by atoms with Crippen LogP contribution in [0.2, 0.25) is 0 Å². The molecule has 0 nitrogen and oxygen atoms in total. The first-order chi connectivity index (χ1) is 10.2. The van der Waals surface area contributed by atoms with Crippen LogP contribution in [0.15, 0.2) is 66.2 Å². The highest BCUT2D eigenvalue weighted by molar-refractivity contribution is 6.69. The van der Waals surface area contributed by atoms with Gasteiger partial charge in [-0.1, -0.05) is 85.5 Å². The van der Waals surface area contributed by atoms with E-state index in [2.05, 4.69) is 81.5 Å². The van der Waals surface area contributed by atoms with Crippen molar-refractivity contribution < 1.29 is 0 Å². The highest BCUT2D eigenvalue weighted by Gasteiger charge is 2.20. The molecule has 2 aromatic rings. The van der Waals surface area contributed by atoms with Gasteiger partial charge in [0, 0.05) is 0 Å². The van der Waals surface area contributed by atoms with Crippen molar-refractivity contribution in [3.63, 3.8) is 0 Å². The minimum atomic E-state index is 0.486. The standard InChI is InChI=1S/C20H21B/c1-4-7-14(2)10-12-17-15(3)21-20-18-9-6-5-8-16(18)11-13-19(17)20/h4-14,21H,1-3H3/b7-4-,12-10-. The van der Waals surface area contributed by atoms with Gasteiger partial charge >= 0.3 is 0 Å². The number of fused-ring (bicyclic) bond motifs is 3. The van der Waals surface area contributed by atoms with Crippen LogP contribution in [-0.4, -0.2) is 7.28 Å². The average Bonchev–Trinajstić information content (AvgIpc) is 2.81. The van der Waals surface area contributed by atoms with Crippen LogP contribution in [0.1, 0.15) is 26.3 Å². The molecular weight excluding hydrogens is 251 g/mol. The van der Waals surface area contributed by atoms with Crippen LogP contribution < -0.4 is 5.46 Å². The summed E-state index contributed by atoms with van der Waals surface area (Å²) >= 11 is 0. The third kappa shape index (κ3) is 2.61. The lowest BCUT2D eigenvalue weighted by molar-refractivity contribution is 0.938. The van der Waals surface area contributed by atoms with Gasteiger partial charge in [0.05, 0.1) is 0 Å². The minimum Gasteiger partial charge on any atom is -0.0949 e. The second-order valence-corrected chi connectivity index (χ2v) is 5.93. The monoisotopic (exact) mass is 272 g/mol. The lowest BCUT2D eigenvalue weighted by Crippen LogP contribution is -2.14. The van der Waals surface area contributed by atoms with E-state index in [1.54, 1.807) is 0 Å². The first kappa shape index (κ1) is 13.9. The van der Waals surface area contributed by atoms with Gasteiger partial charge in [-0.2, -0.15) is 0 Å². The van der Waals surface area contributed by atoms with E-state index in [0.717, 1.165) is 7.28 Å². The van der Waals surface area contributed by atoms with E-state index < -0.39 is 0 Å². The van der Waals surface area contributed by atoms with E-state index in [1.807, 2.05) is 0 Å². The molecule has 3 rings (SSSR count). The maximum atomic E-state index is 2.31. The third-order valence-electron chi connectivity index (χ3n) is 4.29. The Hall–Kier alpha value is -2.02. The van der Waals surface area contributed by atoms with Gasteiger partial charge in [-0.05, 0) is 34.8 Å². The molecule has 104 valence electrons. The lowest BCUT2D eigenvalue weighted by atomic mass is 9.66. The van der Waals surface area contributed by atoms with Crippen molar-refractivity contribution in [3.05, 3.63) is 71.7 Å². The molecule has 1 heterocycles. The molecule has 0 amide bonds. The summed E-state index contributed by atoms with van der Waals surface area (Å²) in [6.45, 7) is 6.56. The summed E-state index contributed by atoms with van der Waals surface area (Å²) in [7, 11) is 1.08. The van der Waals surface area contributed by atoms with Gasteiger partial charge in [0.25, 0.3) is 0 Å². The first-order valence-corrected chi connectivity index (χ1v) is 7.72. The van der Waals surface area contributed by atoms with Gasteiger partial charge in [0.1, 0.15) is 0 Å². The molecule has 0 radical (unpaired) electrons. The Labute approximate surface area is 128 Å². The number of hydrogen-bond acceptors (Lipinski definition) is 0. The second kappa shape index (κ2) is 5.77. The quantitative estimate of drug-likeness (QED) is 0.573. The van der Waals surface area contributed by atoms with Crippen molar-refractivity contribution in [1.29, 1.82) is 0 Å². The largest absolute Gasteiger partial charge is 0.189 e. The SMILES string of the molecule is C/C=C\C(C)/C=C\C1=C(C)Bc2c1ccc1ccccc21. The smallest absolute Gasteiger partial charge is 0.0949 e. The summed E-state index contributed by atoms with van der Waals surface area (Å²) < 4.78 is 0. The molecule has 0 bridgehead atoms. The molecule has 1 aliphatic rings. The molecule has 2 aromatic carbocycles. The van der Waals surface area contributed by atoms with E-state index in [9.17, 15) is 0 Å². The highest BCUT2D eigenvalue weighted by atomic mass is 14.1. The van der Waals surface area contributed by atoms with E-state index >= 15 is 0 Å². The van der Waals surface area contributed by atoms with Crippen LogP contribution in [-0.2, 0) is 0 Å². The molecule has 1 aliphatic heterocycles. The Morgan fingerprint density at radius 3 is 2.67 bits per heavy atom. The summed E-state index contributed by atoms with van der Waals surface area (Å²) in [5, 5.41) is 2.75. The van der Waals surface area contributed by atoms with Gasteiger partial charge < -0.3 is 0 Å². The number of allylic oxidation sites excluding steroid dienone is 6. The van der Waals surface area contributed by atoms with Gasteiger partial charge in [0.15, 0.2) is 7.28 Å². The van der Waals surface area contributed by atoms with Crippen molar-refractivity contribution in [1.82, 2.24) is 0 Å². The van der Waals surface area contributed by atoms with Crippen LogP contribution in [0.4, 0.5) is 0 Å². The van der Waals surface area contributed by atoms with Gasteiger partial charge in [-0.25, -0.2) is 0 Å². The van der Waals surface area contributed by atoms with Crippen molar-refractivity contribution in [2.45, 2.75) is 20.8 Å². The Balaban J connectivity index is 2.03. The minimum absolute atomic E-state index is 0.486. The van der Waals surface area contributed by atoms with Crippen LogP contribution >= 0.6 is 0 Å². The van der Waals surface area contributed by atoms with Crippen LogP contribution in [0.25, 0.3) is 16.3 Å². The first-order valence-electron chi connectivity index (χ1n) is 7.72. The van der Waals surface area contributed by atoms with E-state index in [1.165, 1.54) is 32.8 Å². The maximum Gasteiger partial charge on any atom is 0.189 e. The predicted molar refractivity (Wildman–Crippen MR) is 96.4 cm³/mol. The van der Waals surface area contributed by atoms with Gasteiger partial charge in [-0.3, -0.25) is 0 Å². The highest BCUT2D eigenvalue weighted by Crippen LogP contribution is 2.28. The van der Waals surface area contributed by atoms with Crippen molar-refractivity contribution in [2.24, 2.45) is 5.92 Å².